The third kappa shape index (κ3) is 3.03. The Hall–Kier alpha value is -1.52. The Kier molecular flexibility index (Phi) is 4.23. The van der Waals surface area contributed by atoms with Gasteiger partial charge in [0.25, 0.3) is 0 Å². The van der Waals surface area contributed by atoms with Crippen LogP contribution in [0.5, 0.6) is 0 Å². The van der Waals surface area contributed by atoms with Crippen LogP contribution in [0.3, 0.4) is 0 Å². The fraction of sp³-hybridized carbons (Fsp3) is 0.143. The molecular formula is C14H13FO2S. The maximum atomic E-state index is 13.4. The topological polar surface area (TPSA) is 37.3 Å². The Bertz CT molecular complexity index is 552. The predicted octanol–water partition coefficient (Wildman–Crippen LogP) is 2.63. The van der Waals surface area contributed by atoms with Gasteiger partial charge in [-0.2, -0.15) is 0 Å². The van der Waals surface area contributed by atoms with Gasteiger partial charge in [-0.3, -0.25) is 4.21 Å². The highest BCUT2D eigenvalue weighted by Crippen LogP contribution is 2.16. The van der Waals surface area contributed by atoms with Crippen molar-refractivity contribution in [2.45, 2.75) is 17.3 Å². The Morgan fingerprint density at radius 2 is 1.61 bits per heavy atom. The zero-order chi connectivity index (χ0) is 13.0. The molecule has 0 spiro atoms. The molecule has 2 nitrogen and oxygen atoms in total. The molecule has 0 aliphatic rings. The van der Waals surface area contributed by atoms with Gasteiger partial charge in [0, 0.05) is 0 Å². The molecule has 2 aromatic rings. The largest absolute Gasteiger partial charge is 0.392 e. The summed E-state index contributed by atoms with van der Waals surface area (Å²) in [6, 6.07) is 13.2. The van der Waals surface area contributed by atoms with Crippen LogP contribution in [-0.2, 0) is 23.2 Å². The van der Waals surface area contributed by atoms with Crippen LogP contribution in [0.15, 0.2) is 53.4 Å². The highest BCUT2D eigenvalue weighted by Gasteiger charge is 2.09. The molecule has 0 fully saturated rings. The van der Waals surface area contributed by atoms with Crippen LogP contribution in [0.25, 0.3) is 0 Å². The fourth-order valence-corrected chi connectivity index (χ4v) is 2.77. The van der Waals surface area contributed by atoms with Crippen molar-refractivity contribution >= 4 is 10.8 Å². The standard InChI is InChI=1S/C14H13FO2S/c15-13-3-1-2-4-14(13)18(17)10-12-7-5-11(9-16)6-8-12/h1-8,16H,9-10H2. The van der Waals surface area contributed by atoms with Crippen LogP contribution < -0.4 is 0 Å². The summed E-state index contributed by atoms with van der Waals surface area (Å²) in [5.74, 6) is -0.171. The minimum atomic E-state index is -1.39. The van der Waals surface area contributed by atoms with Crippen molar-refractivity contribution < 1.29 is 13.7 Å². The molecule has 1 unspecified atom stereocenters. The summed E-state index contributed by atoms with van der Waals surface area (Å²) in [7, 11) is -1.39. The molecule has 2 aromatic carbocycles. The van der Waals surface area contributed by atoms with E-state index < -0.39 is 16.6 Å². The lowest BCUT2D eigenvalue weighted by Crippen LogP contribution is -1.99. The summed E-state index contributed by atoms with van der Waals surface area (Å²) in [6.45, 7) is -0.0172. The smallest absolute Gasteiger partial charge is 0.139 e. The van der Waals surface area contributed by atoms with Crippen LogP contribution in [-0.4, -0.2) is 9.32 Å². The Balaban J connectivity index is 2.14. The number of hydrogen-bond acceptors (Lipinski definition) is 2. The summed E-state index contributed by atoms with van der Waals surface area (Å²) in [4.78, 5) is 0.226. The highest BCUT2D eigenvalue weighted by molar-refractivity contribution is 7.84. The normalized spacial score (nSPS) is 12.3. The molecule has 1 N–H and O–H groups in total. The van der Waals surface area contributed by atoms with Gasteiger partial charge in [0.05, 0.1) is 28.1 Å². The molecular weight excluding hydrogens is 251 g/mol. The lowest BCUT2D eigenvalue weighted by Gasteiger charge is -2.04. The van der Waals surface area contributed by atoms with E-state index in [0.29, 0.717) is 0 Å². The first kappa shape index (κ1) is 12.9. The van der Waals surface area contributed by atoms with Crippen molar-refractivity contribution in [3.63, 3.8) is 0 Å². The van der Waals surface area contributed by atoms with Crippen LogP contribution in [0.4, 0.5) is 4.39 Å². The van der Waals surface area contributed by atoms with Gasteiger partial charge in [-0.1, -0.05) is 36.4 Å². The van der Waals surface area contributed by atoms with E-state index in [9.17, 15) is 8.60 Å². The van der Waals surface area contributed by atoms with Crippen LogP contribution in [0.1, 0.15) is 11.1 Å². The van der Waals surface area contributed by atoms with Gasteiger partial charge < -0.3 is 5.11 Å². The van der Waals surface area contributed by atoms with E-state index >= 15 is 0 Å². The van der Waals surface area contributed by atoms with Gasteiger partial charge in [-0.15, -0.1) is 0 Å². The molecule has 0 aromatic heterocycles. The summed E-state index contributed by atoms with van der Waals surface area (Å²) < 4.78 is 25.4. The first-order valence-electron chi connectivity index (χ1n) is 5.52. The number of aliphatic hydroxyl groups is 1. The molecule has 4 heteroatoms. The molecule has 18 heavy (non-hydrogen) atoms. The van der Waals surface area contributed by atoms with E-state index in [-0.39, 0.29) is 17.3 Å². The van der Waals surface area contributed by atoms with E-state index in [0.717, 1.165) is 11.1 Å². The monoisotopic (exact) mass is 264 g/mol. The van der Waals surface area contributed by atoms with Crippen LogP contribution >= 0.6 is 0 Å². The first-order valence-corrected chi connectivity index (χ1v) is 6.84. The molecule has 0 aliphatic heterocycles. The molecule has 1 atom stereocenters. The molecule has 94 valence electrons. The second-order valence-electron chi connectivity index (χ2n) is 3.89. The molecule has 0 radical (unpaired) electrons. The highest BCUT2D eigenvalue weighted by atomic mass is 32.2. The Morgan fingerprint density at radius 3 is 2.22 bits per heavy atom. The molecule has 0 aliphatic carbocycles. The fourth-order valence-electron chi connectivity index (χ4n) is 1.60. The van der Waals surface area contributed by atoms with E-state index in [4.69, 9.17) is 5.11 Å². The van der Waals surface area contributed by atoms with Crippen LogP contribution in [0.2, 0.25) is 0 Å². The maximum Gasteiger partial charge on any atom is 0.139 e. The molecule has 0 bridgehead atoms. The average Bonchev–Trinajstić information content (AvgIpc) is 2.40. The van der Waals surface area contributed by atoms with Crippen molar-refractivity contribution in [3.05, 3.63) is 65.5 Å². The Labute approximate surface area is 108 Å². The van der Waals surface area contributed by atoms with Crippen molar-refractivity contribution in [3.8, 4) is 0 Å². The summed E-state index contributed by atoms with van der Waals surface area (Å²) in [5, 5.41) is 8.92. The number of rotatable bonds is 4. The minimum absolute atomic E-state index is 0.0172. The number of aliphatic hydroxyl groups excluding tert-OH is 1. The quantitative estimate of drug-likeness (QED) is 0.921. The van der Waals surface area contributed by atoms with E-state index in [2.05, 4.69) is 0 Å². The summed E-state index contributed by atoms with van der Waals surface area (Å²) in [5.41, 5.74) is 1.66. The van der Waals surface area contributed by atoms with Crippen LogP contribution in [0, 0.1) is 5.82 Å². The second kappa shape index (κ2) is 5.89. The molecule has 0 heterocycles. The Morgan fingerprint density at radius 1 is 1.00 bits per heavy atom. The van der Waals surface area contributed by atoms with Crippen molar-refractivity contribution in [2.24, 2.45) is 0 Å². The van der Waals surface area contributed by atoms with Crippen molar-refractivity contribution in [1.82, 2.24) is 0 Å². The van der Waals surface area contributed by atoms with Gasteiger partial charge in [0.15, 0.2) is 0 Å². The number of halogens is 1. The zero-order valence-electron chi connectivity index (χ0n) is 9.67. The molecule has 2 rings (SSSR count). The summed E-state index contributed by atoms with van der Waals surface area (Å²) >= 11 is 0. The molecule has 0 amide bonds. The first-order chi connectivity index (χ1) is 8.70. The van der Waals surface area contributed by atoms with Gasteiger partial charge in [-0.05, 0) is 23.3 Å². The van der Waals surface area contributed by atoms with Gasteiger partial charge >= 0.3 is 0 Å². The van der Waals surface area contributed by atoms with Gasteiger partial charge in [-0.25, -0.2) is 4.39 Å². The zero-order valence-corrected chi connectivity index (χ0v) is 10.5. The van der Waals surface area contributed by atoms with E-state index in [1.54, 1.807) is 36.4 Å². The van der Waals surface area contributed by atoms with E-state index in [1.807, 2.05) is 0 Å². The third-order valence-corrected chi connectivity index (χ3v) is 4.00. The minimum Gasteiger partial charge on any atom is -0.392 e. The van der Waals surface area contributed by atoms with Crippen molar-refractivity contribution in [1.29, 1.82) is 0 Å². The van der Waals surface area contributed by atoms with Crippen molar-refractivity contribution in [2.75, 3.05) is 0 Å². The SMILES string of the molecule is O=S(Cc1ccc(CO)cc1)c1ccccc1F. The van der Waals surface area contributed by atoms with E-state index in [1.165, 1.54) is 12.1 Å². The molecule has 0 saturated carbocycles. The maximum absolute atomic E-state index is 13.4. The number of benzene rings is 2. The number of hydrogen-bond donors (Lipinski definition) is 1. The lowest BCUT2D eigenvalue weighted by molar-refractivity contribution is 0.282. The second-order valence-corrected chi connectivity index (χ2v) is 5.31. The predicted molar refractivity (Wildman–Crippen MR) is 68.9 cm³/mol. The average molecular weight is 264 g/mol. The molecule has 0 saturated heterocycles. The van der Waals surface area contributed by atoms with Gasteiger partial charge in [0.1, 0.15) is 5.82 Å². The summed E-state index contributed by atoms with van der Waals surface area (Å²) in [6.07, 6.45) is 0. The third-order valence-electron chi connectivity index (χ3n) is 2.59. The van der Waals surface area contributed by atoms with Gasteiger partial charge in [0.2, 0.25) is 0 Å². The lowest BCUT2D eigenvalue weighted by atomic mass is 10.2.